The molecule has 16 heavy (non-hydrogen) atoms. The summed E-state index contributed by atoms with van der Waals surface area (Å²) in [5.41, 5.74) is 0.967. The van der Waals surface area contributed by atoms with Crippen molar-refractivity contribution < 1.29 is 4.74 Å². The van der Waals surface area contributed by atoms with E-state index in [1.54, 1.807) is 6.20 Å². The molecule has 1 aromatic heterocycles. The standard InChI is InChI=1S/C12H11ClN2O/c13-11-4-2-1-3-10(11)12-14-5-6-15(12)7-9-8-16-9/h1-6,9H,7-8H2/t9-/m0/s1. The van der Waals surface area contributed by atoms with Crippen LogP contribution in [-0.2, 0) is 11.3 Å². The second-order valence-electron chi connectivity index (χ2n) is 3.84. The predicted molar refractivity (Wildman–Crippen MR) is 62.4 cm³/mol. The van der Waals surface area contributed by atoms with Crippen LogP contribution in [0.15, 0.2) is 36.7 Å². The van der Waals surface area contributed by atoms with E-state index in [4.69, 9.17) is 16.3 Å². The Bertz CT molecular complexity index is 505. The van der Waals surface area contributed by atoms with Gasteiger partial charge in [-0.15, -0.1) is 0 Å². The van der Waals surface area contributed by atoms with Gasteiger partial charge in [-0.2, -0.15) is 0 Å². The summed E-state index contributed by atoms with van der Waals surface area (Å²) in [7, 11) is 0. The molecule has 2 aromatic rings. The van der Waals surface area contributed by atoms with E-state index in [0.29, 0.717) is 6.10 Å². The van der Waals surface area contributed by atoms with E-state index in [1.165, 1.54) is 0 Å². The maximum atomic E-state index is 6.16. The SMILES string of the molecule is Clc1ccccc1-c1nccn1C[C@H]1CO1. The van der Waals surface area contributed by atoms with Gasteiger partial charge < -0.3 is 9.30 Å². The van der Waals surface area contributed by atoms with E-state index in [1.807, 2.05) is 30.5 Å². The molecular formula is C12H11ClN2O. The van der Waals surface area contributed by atoms with Gasteiger partial charge in [-0.1, -0.05) is 23.7 Å². The monoisotopic (exact) mass is 234 g/mol. The van der Waals surface area contributed by atoms with Crippen molar-refractivity contribution in [1.29, 1.82) is 0 Å². The van der Waals surface area contributed by atoms with Gasteiger partial charge in [0, 0.05) is 18.0 Å². The van der Waals surface area contributed by atoms with Crippen molar-refractivity contribution in [3.8, 4) is 11.4 Å². The molecule has 0 unspecified atom stereocenters. The van der Waals surface area contributed by atoms with Crippen molar-refractivity contribution in [2.45, 2.75) is 12.6 Å². The molecule has 1 fully saturated rings. The Balaban J connectivity index is 1.99. The normalized spacial score (nSPS) is 18.7. The summed E-state index contributed by atoms with van der Waals surface area (Å²) < 4.78 is 7.30. The van der Waals surface area contributed by atoms with E-state index in [2.05, 4.69) is 9.55 Å². The smallest absolute Gasteiger partial charge is 0.141 e. The molecular weight excluding hydrogens is 224 g/mol. The molecule has 0 amide bonds. The fourth-order valence-electron chi connectivity index (χ4n) is 1.74. The van der Waals surface area contributed by atoms with Crippen molar-refractivity contribution in [3.63, 3.8) is 0 Å². The van der Waals surface area contributed by atoms with Gasteiger partial charge in [0.05, 0.1) is 24.3 Å². The lowest BCUT2D eigenvalue weighted by atomic mass is 10.2. The number of epoxide rings is 1. The number of hydrogen-bond acceptors (Lipinski definition) is 2. The highest BCUT2D eigenvalue weighted by Gasteiger charge is 2.24. The first-order chi connectivity index (χ1) is 7.84. The summed E-state index contributed by atoms with van der Waals surface area (Å²) >= 11 is 6.16. The van der Waals surface area contributed by atoms with E-state index in [9.17, 15) is 0 Å². The van der Waals surface area contributed by atoms with Crippen molar-refractivity contribution in [1.82, 2.24) is 9.55 Å². The highest BCUT2D eigenvalue weighted by atomic mass is 35.5. The highest BCUT2D eigenvalue weighted by molar-refractivity contribution is 6.33. The first-order valence-corrected chi connectivity index (χ1v) is 5.60. The quantitative estimate of drug-likeness (QED) is 0.765. The maximum Gasteiger partial charge on any atom is 0.141 e. The zero-order valence-electron chi connectivity index (χ0n) is 8.64. The molecule has 1 aromatic carbocycles. The van der Waals surface area contributed by atoms with Crippen molar-refractivity contribution in [2.75, 3.05) is 6.61 Å². The number of nitrogens with zero attached hydrogens (tertiary/aromatic N) is 2. The maximum absolute atomic E-state index is 6.16. The molecule has 1 aliphatic heterocycles. The number of rotatable bonds is 3. The number of aromatic nitrogens is 2. The summed E-state index contributed by atoms with van der Waals surface area (Å²) in [5.74, 6) is 0.904. The van der Waals surface area contributed by atoms with Crippen molar-refractivity contribution >= 4 is 11.6 Å². The molecule has 2 heterocycles. The van der Waals surface area contributed by atoms with Crippen LogP contribution in [0, 0.1) is 0 Å². The van der Waals surface area contributed by atoms with Crippen LogP contribution in [-0.4, -0.2) is 22.3 Å². The largest absolute Gasteiger partial charge is 0.371 e. The summed E-state index contributed by atoms with van der Waals surface area (Å²) in [6.07, 6.45) is 4.09. The van der Waals surface area contributed by atoms with Crippen molar-refractivity contribution in [2.24, 2.45) is 0 Å². The molecule has 82 valence electrons. The number of imidazole rings is 1. The van der Waals surface area contributed by atoms with Crippen LogP contribution in [0.25, 0.3) is 11.4 Å². The van der Waals surface area contributed by atoms with Gasteiger partial charge in [-0.05, 0) is 12.1 Å². The minimum Gasteiger partial charge on any atom is -0.371 e. The molecule has 0 saturated carbocycles. The van der Waals surface area contributed by atoms with Crippen LogP contribution in [0.5, 0.6) is 0 Å². The van der Waals surface area contributed by atoms with Gasteiger partial charge in [0.15, 0.2) is 0 Å². The Labute approximate surface area is 98.6 Å². The van der Waals surface area contributed by atoms with Gasteiger partial charge in [0.1, 0.15) is 5.82 Å². The first kappa shape index (κ1) is 9.87. The second kappa shape index (κ2) is 3.92. The van der Waals surface area contributed by atoms with Gasteiger partial charge >= 0.3 is 0 Å². The molecule has 3 nitrogen and oxygen atoms in total. The third-order valence-electron chi connectivity index (χ3n) is 2.63. The Morgan fingerprint density at radius 3 is 3.00 bits per heavy atom. The van der Waals surface area contributed by atoms with Crippen LogP contribution in [0.2, 0.25) is 5.02 Å². The highest BCUT2D eigenvalue weighted by Crippen LogP contribution is 2.27. The van der Waals surface area contributed by atoms with Crippen LogP contribution in [0.3, 0.4) is 0 Å². The van der Waals surface area contributed by atoms with E-state index < -0.39 is 0 Å². The van der Waals surface area contributed by atoms with E-state index in [0.717, 1.165) is 29.6 Å². The Hall–Kier alpha value is -1.32. The lowest BCUT2D eigenvalue weighted by Gasteiger charge is -2.07. The molecule has 0 aliphatic carbocycles. The molecule has 1 aliphatic rings. The van der Waals surface area contributed by atoms with Crippen molar-refractivity contribution in [3.05, 3.63) is 41.7 Å². The average Bonchev–Trinajstić information content (AvgIpc) is 2.97. The van der Waals surface area contributed by atoms with E-state index >= 15 is 0 Å². The first-order valence-electron chi connectivity index (χ1n) is 5.22. The van der Waals surface area contributed by atoms with Gasteiger partial charge in [-0.25, -0.2) is 4.98 Å². The van der Waals surface area contributed by atoms with Crippen LogP contribution < -0.4 is 0 Å². The lowest BCUT2D eigenvalue weighted by molar-refractivity contribution is 0.383. The molecule has 0 N–H and O–H groups in total. The average molecular weight is 235 g/mol. The molecule has 0 spiro atoms. The summed E-state index contributed by atoms with van der Waals surface area (Å²) in [6.45, 7) is 1.70. The van der Waals surface area contributed by atoms with Gasteiger partial charge in [0.2, 0.25) is 0 Å². The van der Waals surface area contributed by atoms with Crippen LogP contribution in [0.1, 0.15) is 0 Å². The minimum absolute atomic E-state index is 0.343. The Morgan fingerprint density at radius 1 is 1.44 bits per heavy atom. The number of ether oxygens (including phenoxy) is 1. The molecule has 1 saturated heterocycles. The third kappa shape index (κ3) is 1.84. The fourth-order valence-corrected chi connectivity index (χ4v) is 1.96. The van der Waals surface area contributed by atoms with Crippen LogP contribution in [0.4, 0.5) is 0 Å². The zero-order valence-corrected chi connectivity index (χ0v) is 9.39. The van der Waals surface area contributed by atoms with Gasteiger partial charge in [-0.3, -0.25) is 0 Å². The number of benzene rings is 1. The molecule has 1 atom stereocenters. The number of halogens is 1. The molecule has 4 heteroatoms. The molecule has 0 bridgehead atoms. The zero-order chi connectivity index (χ0) is 11.0. The molecule has 0 radical (unpaired) electrons. The Morgan fingerprint density at radius 2 is 2.25 bits per heavy atom. The third-order valence-corrected chi connectivity index (χ3v) is 2.96. The topological polar surface area (TPSA) is 30.4 Å². The lowest BCUT2D eigenvalue weighted by Crippen LogP contribution is -2.04. The second-order valence-corrected chi connectivity index (χ2v) is 4.25. The summed E-state index contributed by atoms with van der Waals surface area (Å²) in [5, 5.41) is 0.728. The van der Waals surface area contributed by atoms with Gasteiger partial charge in [0.25, 0.3) is 0 Å². The minimum atomic E-state index is 0.343. The number of hydrogen-bond donors (Lipinski definition) is 0. The summed E-state index contributed by atoms with van der Waals surface area (Å²) in [4.78, 5) is 4.35. The molecule has 3 rings (SSSR count). The van der Waals surface area contributed by atoms with Crippen LogP contribution >= 0.6 is 11.6 Å². The fraction of sp³-hybridized carbons (Fsp3) is 0.250. The van der Waals surface area contributed by atoms with E-state index in [-0.39, 0.29) is 0 Å². The predicted octanol–water partition coefficient (Wildman–Crippen LogP) is 2.60. The Kier molecular flexibility index (Phi) is 2.42. The summed E-state index contributed by atoms with van der Waals surface area (Å²) in [6, 6.07) is 7.75.